The molecule has 1 aromatic heterocycles. The lowest BCUT2D eigenvalue weighted by Gasteiger charge is -1.96. The monoisotopic (exact) mass is 141 g/mol. The van der Waals surface area contributed by atoms with Crippen LogP contribution in [0.2, 0.25) is 0 Å². The highest BCUT2D eigenvalue weighted by Gasteiger charge is 2.00. The first-order valence-corrected chi connectivity index (χ1v) is 2.73. The molecule has 0 saturated heterocycles. The Labute approximate surface area is 56.8 Å². The molecular formula is C6H7NO3. The standard InChI is InChI=1S/C6H7NO3/c1-3-2-4(8)6(10)7-5(3)9/h2,8H,1H3,(H2,7,9,10). The number of aromatic nitrogens is 1. The van der Waals surface area contributed by atoms with Crippen LogP contribution in [0, 0.1) is 6.92 Å². The van der Waals surface area contributed by atoms with E-state index in [0.717, 1.165) is 0 Å². The van der Waals surface area contributed by atoms with Crippen LogP contribution in [0.4, 0.5) is 0 Å². The van der Waals surface area contributed by atoms with Gasteiger partial charge in [-0.3, -0.25) is 9.78 Å². The fourth-order valence-electron chi connectivity index (χ4n) is 0.609. The normalized spacial score (nSPS) is 9.70. The van der Waals surface area contributed by atoms with Gasteiger partial charge in [0.25, 0.3) is 5.56 Å². The summed E-state index contributed by atoms with van der Waals surface area (Å²) in [7, 11) is 0. The first kappa shape index (κ1) is 6.67. The molecule has 0 unspecified atom stereocenters. The first-order chi connectivity index (χ1) is 4.61. The third-order valence-electron chi connectivity index (χ3n) is 1.19. The molecule has 1 aromatic rings. The summed E-state index contributed by atoms with van der Waals surface area (Å²) in [5, 5.41) is 17.6. The van der Waals surface area contributed by atoms with Crippen LogP contribution >= 0.6 is 0 Å². The molecule has 0 aliphatic rings. The van der Waals surface area contributed by atoms with Crippen LogP contribution in [0.15, 0.2) is 10.9 Å². The van der Waals surface area contributed by atoms with Gasteiger partial charge in [0.05, 0.1) is 0 Å². The lowest BCUT2D eigenvalue weighted by atomic mass is 10.3. The number of nitrogens with one attached hydrogen (secondary N) is 1. The molecule has 54 valence electrons. The molecule has 0 fully saturated rings. The van der Waals surface area contributed by atoms with Crippen LogP contribution in [-0.4, -0.2) is 15.2 Å². The average molecular weight is 141 g/mol. The lowest BCUT2D eigenvalue weighted by Crippen LogP contribution is -2.04. The van der Waals surface area contributed by atoms with Gasteiger partial charge in [0.15, 0.2) is 11.6 Å². The predicted octanol–water partition coefficient (Wildman–Crippen LogP) is 0.0945. The van der Waals surface area contributed by atoms with Crippen LogP contribution in [0.5, 0.6) is 11.6 Å². The summed E-state index contributed by atoms with van der Waals surface area (Å²) in [6.07, 6.45) is 0. The molecule has 4 nitrogen and oxygen atoms in total. The zero-order valence-electron chi connectivity index (χ0n) is 5.38. The van der Waals surface area contributed by atoms with E-state index >= 15 is 0 Å². The smallest absolute Gasteiger partial charge is 0.292 e. The second kappa shape index (κ2) is 2.06. The second-order valence-electron chi connectivity index (χ2n) is 2.02. The minimum atomic E-state index is -0.678. The molecule has 0 amide bonds. The molecule has 0 aromatic carbocycles. The quantitative estimate of drug-likeness (QED) is 0.479. The minimum Gasteiger partial charge on any atom is -0.503 e. The lowest BCUT2D eigenvalue weighted by molar-refractivity contribution is 0.430. The van der Waals surface area contributed by atoms with E-state index in [4.69, 9.17) is 10.2 Å². The van der Waals surface area contributed by atoms with E-state index in [1.54, 1.807) is 6.92 Å². The first-order valence-electron chi connectivity index (χ1n) is 2.73. The van der Waals surface area contributed by atoms with Gasteiger partial charge in [-0.2, -0.15) is 0 Å². The highest BCUT2D eigenvalue weighted by molar-refractivity contribution is 5.29. The molecule has 0 atom stereocenters. The van der Waals surface area contributed by atoms with E-state index in [0.29, 0.717) is 5.56 Å². The highest BCUT2D eigenvalue weighted by atomic mass is 16.3. The average Bonchev–Trinajstić information content (AvgIpc) is 1.84. The number of hydrogen-bond acceptors (Lipinski definition) is 3. The van der Waals surface area contributed by atoms with Gasteiger partial charge < -0.3 is 10.2 Å². The Morgan fingerprint density at radius 3 is 2.60 bits per heavy atom. The fraction of sp³-hybridized carbons (Fsp3) is 0.167. The van der Waals surface area contributed by atoms with Crippen molar-refractivity contribution in [2.45, 2.75) is 6.92 Å². The van der Waals surface area contributed by atoms with Gasteiger partial charge in [-0.1, -0.05) is 0 Å². The van der Waals surface area contributed by atoms with Crippen LogP contribution < -0.4 is 5.56 Å². The van der Waals surface area contributed by atoms with Crippen molar-refractivity contribution in [2.75, 3.05) is 0 Å². The van der Waals surface area contributed by atoms with Crippen molar-refractivity contribution in [1.29, 1.82) is 0 Å². The summed E-state index contributed by atoms with van der Waals surface area (Å²) in [6.45, 7) is 1.57. The summed E-state index contributed by atoms with van der Waals surface area (Å²) >= 11 is 0. The van der Waals surface area contributed by atoms with E-state index in [9.17, 15) is 4.79 Å². The Hall–Kier alpha value is -1.45. The third-order valence-corrected chi connectivity index (χ3v) is 1.19. The van der Waals surface area contributed by atoms with Crippen molar-refractivity contribution in [2.24, 2.45) is 0 Å². The number of aromatic amines is 1. The van der Waals surface area contributed by atoms with Gasteiger partial charge in [0, 0.05) is 5.56 Å². The molecule has 0 aliphatic heterocycles. The van der Waals surface area contributed by atoms with Crippen molar-refractivity contribution in [3.63, 3.8) is 0 Å². The molecule has 10 heavy (non-hydrogen) atoms. The van der Waals surface area contributed by atoms with Crippen molar-refractivity contribution in [3.05, 3.63) is 22.0 Å². The van der Waals surface area contributed by atoms with E-state index in [1.165, 1.54) is 6.07 Å². The molecule has 0 radical (unpaired) electrons. The van der Waals surface area contributed by atoms with Crippen molar-refractivity contribution in [1.82, 2.24) is 4.98 Å². The van der Waals surface area contributed by atoms with E-state index in [1.807, 2.05) is 0 Å². The minimum absolute atomic E-state index is 0.206. The van der Waals surface area contributed by atoms with E-state index in [2.05, 4.69) is 4.98 Å². The van der Waals surface area contributed by atoms with Crippen LogP contribution in [0.25, 0.3) is 0 Å². The highest BCUT2D eigenvalue weighted by Crippen LogP contribution is 2.12. The molecule has 0 spiro atoms. The summed E-state index contributed by atoms with van der Waals surface area (Å²) in [5.41, 5.74) is -0.236. The fourth-order valence-corrected chi connectivity index (χ4v) is 0.609. The van der Waals surface area contributed by atoms with Crippen molar-refractivity contribution in [3.8, 4) is 11.6 Å². The maximum Gasteiger partial charge on any atom is 0.292 e. The van der Waals surface area contributed by atoms with Crippen LogP contribution in [-0.2, 0) is 0 Å². The Bertz CT molecular complexity index is 302. The van der Waals surface area contributed by atoms with Gasteiger partial charge in [-0.25, -0.2) is 0 Å². The maximum absolute atomic E-state index is 10.5. The zero-order chi connectivity index (χ0) is 7.72. The Morgan fingerprint density at radius 1 is 1.50 bits per heavy atom. The number of aryl methyl sites for hydroxylation is 1. The second-order valence-corrected chi connectivity index (χ2v) is 2.02. The summed E-state index contributed by atoms with van der Waals surface area (Å²) < 4.78 is 0. The summed E-state index contributed by atoms with van der Waals surface area (Å²) in [4.78, 5) is 12.6. The topological polar surface area (TPSA) is 73.3 Å². The van der Waals surface area contributed by atoms with Gasteiger partial charge in [0.1, 0.15) is 0 Å². The predicted molar refractivity (Wildman–Crippen MR) is 35.1 cm³/mol. The molecule has 0 aliphatic carbocycles. The van der Waals surface area contributed by atoms with E-state index < -0.39 is 5.56 Å². The van der Waals surface area contributed by atoms with Crippen molar-refractivity contribution >= 4 is 0 Å². The third kappa shape index (κ3) is 0.953. The molecule has 1 heterocycles. The van der Waals surface area contributed by atoms with Gasteiger partial charge in [-0.15, -0.1) is 0 Å². The Kier molecular flexibility index (Phi) is 1.37. The Morgan fingerprint density at radius 2 is 2.10 bits per heavy atom. The number of aromatic hydroxyl groups is 2. The molecule has 4 heteroatoms. The van der Waals surface area contributed by atoms with Gasteiger partial charge in [0.2, 0.25) is 0 Å². The summed E-state index contributed by atoms with van der Waals surface area (Å²) in [5.74, 6) is -0.585. The molecule has 0 saturated carbocycles. The Balaban J connectivity index is 3.43. The SMILES string of the molecule is Cc1cc(O)c(=O)[nH]c1O. The summed E-state index contributed by atoms with van der Waals surface area (Å²) in [6, 6.07) is 1.20. The van der Waals surface area contributed by atoms with E-state index in [-0.39, 0.29) is 11.6 Å². The van der Waals surface area contributed by atoms with Gasteiger partial charge >= 0.3 is 0 Å². The maximum atomic E-state index is 10.5. The molecule has 3 N–H and O–H groups in total. The molecule has 0 bridgehead atoms. The zero-order valence-corrected chi connectivity index (χ0v) is 5.38. The molecule has 1 rings (SSSR count). The number of rotatable bonds is 0. The largest absolute Gasteiger partial charge is 0.503 e. The van der Waals surface area contributed by atoms with Crippen LogP contribution in [0.1, 0.15) is 5.56 Å². The molecular weight excluding hydrogens is 134 g/mol. The van der Waals surface area contributed by atoms with Gasteiger partial charge in [-0.05, 0) is 13.0 Å². The van der Waals surface area contributed by atoms with Crippen LogP contribution in [0.3, 0.4) is 0 Å². The number of H-pyrrole nitrogens is 1. The number of pyridine rings is 1. The number of hydrogen-bond donors (Lipinski definition) is 3. The van der Waals surface area contributed by atoms with Crippen molar-refractivity contribution < 1.29 is 10.2 Å².